The Morgan fingerprint density at radius 2 is 1.48 bits per heavy atom. The van der Waals surface area contributed by atoms with Crippen molar-refractivity contribution in [2.45, 2.75) is 6.54 Å². The lowest BCUT2D eigenvalue weighted by molar-refractivity contribution is -0.114. The van der Waals surface area contributed by atoms with Crippen molar-refractivity contribution in [1.29, 1.82) is 0 Å². The maximum atomic E-state index is 12.3. The minimum absolute atomic E-state index is 0.396. The summed E-state index contributed by atoms with van der Waals surface area (Å²) in [6, 6.07) is 23.8. The number of anilines is 1. The fourth-order valence-corrected chi connectivity index (χ4v) is 3.54. The molecular weight excluding hydrogens is 425 g/mol. The highest BCUT2D eigenvalue weighted by molar-refractivity contribution is 14.1. The smallest absolute Gasteiger partial charge is 0.299 e. The van der Waals surface area contributed by atoms with Crippen LogP contribution in [0.2, 0.25) is 0 Å². The van der Waals surface area contributed by atoms with E-state index in [1.165, 1.54) is 0 Å². The quantitative estimate of drug-likeness (QED) is 0.439. The summed E-state index contributed by atoms with van der Waals surface area (Å²) < 4.78 is 0.951. The lowest BCUT2D eigenvalue weighted by atomic mass is 10.0. The van der Waals surface area contributed by atoms with Gasteiger partial charge in [0.15, 0.2) is 0 Å². The van der Waals surface area contributed by atoms with Gasteiger partial charge < -0.3 is 4.90 Å². The highest BCUT2D eigenvalue weighted by atomic mass is 127. The predicted molar refractivity (Wildman–Crippen MR) is 107 cm³/mol. The van der Waals surface area contributed by atoms with Gasteiger partial charge in [0.1, 0.15) is 0 Å². The Morgan fingerprint density at radius 3 is 2.20 bits per heavy atom. The summed E-state index contributed by atoms with van der Waals surface area (Å²) in [5.41, 5.74) is 4.47. The van der Waals surface area contributed by atoms with E-state index in [2.05, 4.69) is 34.7 Å². The highest BCUT2D eigenvalue weighted by Gasteiger charge is 2.35. The van der Waals surface area contributed by atoms with E-state index in [0.717, 1.165) is 20.3 Å². The van der Waals surface area contributed by atoms with Crippen molar-refractivity contribution >= 4 is 40.0 Å². The van der Waals surface area contributed by atoms with Crippen LogP contribution in [-0.2, 0) is 11.3 Å². The van der Waals surface area contributed by atoms with Gasteiger partial charge in [0, 0.05) is 3.57 Å². The molecule has 1 aliphatic heterocycles. The van der Waals surface area contributed by atoms with Gasteiger partial charge in [0.05, 0.1) is 17.8 Å². The topological polar surface area (TPSA) is 37.4 Å². The summed E-state index contributed by atoms with van der Waals surface area (Å²) >= 11 is 2.15. The van der Waals surface area contributed by atoms with Crippen LogP contribution < -0.4 is 4.90 Å². The van der Waals surface area contributed by atoms with Crippen molar-refractivity contribution in [2.24, 2.45) is 0 Å². The molecule has 4 rings (SSSR count). The van der Waals surface area contributed by atoms with Crippen molar-refractivity contribution in [3.05, 3.63) is 87.5 Å². The number of hydrogen-bond donors (Lipinski definition) is 0. The highest BCUT2D eigenvalue weighted by Crippen LogP contribution is 2.31. The predicted octanol–water partition coefficient (Wildman–Crippen LogP) is 4.69. The van der Waals surface area contributed by atoms with Crippen LogP contribution in [0.4, 0.5) is 5.69 Å². The third kappa shape index (κ3) is 2.98. The van der Waals surface area contributed by atoms with Gasteiger partial charge in [-0.3, -0.25) is 9.59 Å². The average Bonchev–Trinajstić information content (AvgIpc) is 2.88. The number of amides is 1. The first-order chi connectivity index (χ1) is 12.1. The second kappa shape index (κ2) is 6.44. The second-order valence-corrected chi connectivity index (χ2v) is 7.19. The molecule has 1 amide bonds. The third-order valence-electron chi connectivity index (χ3n) is 4.34. The maximum Gasteiger partial charge on any atom is 0.299 e. The van der Waals surface area contributed by atoms with Crippen molar-refractivity contribution in [3.8, 4) is 11.1 Å². The molecule has 0 aromatic heterocycles. The van der Waals surface area contributed by atoms with E-state index < -0.39 is 11.7 Å². The molecule has 1 heterocycles. The van der Waals surface area contributed by atoms with Gasteiger partial charge in [0.2, 0.25) is 0 Å². The summed E-state index contributed by atoms with van der Waals surface area (Å²) in [4.78, 5) is 26.1. The molecule has 0 aliphatic carbocycles. The molecule has 122 valence electrons. The van der Waals surface area contributed by atoms with E-state index in [1.807, 2.05) is 54.6 Å². The van der Waals surface area contributed by atoms with Gasteiger partial charge in [-0.15, -0.1) is 0 Å². The maximum absolute atomic E-state index is 12.3. The van der Waals surface area contributed by atoms with E-state index in [-0.39, 0.29) is 0 Å². The SMILES string of the molecule is O=C1C(=O)N(Cc2ccc(-c3ccccc3)cc2)c2ccc(I)cc21. The second-order valence-electron chi connectivity index (χ2n) is 5.94. The van der Waals surface area contributed by atoms with E-state index in [1.54, 1.807) is 11.0 Å². The van der Waals surface area contributed by atoms with Gasteiger partial charge in [-0.25, -0.2) is 0 Å². The van der Waals surface area contributed by atoms with Crippen LogP contribution in [0.3, 0.4) is 0 Å². The lowest BCUT2D eigenvalue weighted by Crippen LogP contribution is -2.29. The molecule has 3 aromatic rings. The van der Waals surface area contributed by atoms with Crippen LogP contribution in [-0.4, -0.2) is 11.7 Å². The Balaban J connectivity index is 1.61. The molecule has 0 spiro atoms. The molecule has 1 aliphatic rings. The molecule has 0 unspecified atom stereocenters. The van der Waals surface area contributed by atoms with Gasteiger partial charge >= 0.3 is 0 Å². The molecule has 0 N–H and O–H groups in total. The average molecular weight is 439 g/mol. The summed E-state index contributed by atoms with van der Waals surface area (Å²) in [7, 11) is 0. The number of hydrogen-bond acceptors (Lipinski definition) is 2. The largest absolute Gasteiger partial charge is 0.300 e. The number of rotatable bonds is 3. The van der Waals surface area contributed by atoms with Crippen molar-refractivity contribution < 1.29 is 9.59 Å². The normalized spacial score (nSPS) is 13.2. The first-order valence-electron chi connectivity index (χ1n) is 7.93. The first kappa shape index (κ1) is 16.0. The van der Waals surface area contributed by atoms with Gasteiger partial charge in [-0.1, -0.05) is 54.6 Å². The molecule has 0 fully saturated rings. The van der Waals surface area contributed by atoms with Crippen LogP contribution in [0.1, 0.15) is 15.9 Å². The molecule has 25 heavy (non-hydrogen) atoms. The Labute approximate surface area is 159 Å². The Morgan fingerprint density at radius 1 is 0.800 bits per heavy atom. The standard InChI is InChI=1S/C21H14INO2/c22-17-10-11-19-18(12-17)20(24)21(25)23(19)13-14-6-8-16(9-7-14)15-4-2-1-3-5-15/h1-12H,13H2. The van der Waals surface area contributed by atoms with Crippen molar-refractivity contribution in [1.82, 2.24) is 0 Å². The van der Waals surface area contributed by atoms with E-state index in [0.29, 0.717) is 17.8 Å². The summed E-state index contributed by atoms with van der Waals surface area (Å²) in [5.74, 6) is -0.876. The number of nitrogens with zero attached hydrogens (tertiary/aromatic N) is 1. The minimum atomic E-state index is -0.455. The molecule has 0 atom stereocenters. The third-order valence-corrected chi connectivity index (χ3v) is 5.01. The number of carbonyl (C=O) groups is 2. The summed E-state index contributed by atoms with van der Waals surface area (Å²) in [5, 5.41) is 0. The zero-order valence-electron chi connectivity index (χ0n) is 13.3. The number of benzene rings is 3. The zero-order chi connectivity index (χ0) is 17.4. The molecule has 0 radical (unpaired) electrons. The molecule has 3 nitrogen and oxygen atoms in total. The van der Waals surface area contributed by atoms with Crippen LogP contribution in [0.25, 0.3) is 11.1 Å². The number of Topliss-reactive ketones (excluding diaryl/α,β-unsaturated/α-hetero) is 1. The zero-order valence-corrected chi connectivity index (χ0v) is 15.4. The molecular formula is C21H14INO2. The molecule has 0 saturated carbocycles. The Hall–Kier alpha value is -2.47. The summed E-state index contributed by atoms with van der Waals surface area (Å²) in [6.45, 7) is 0.396. The Bertz CT molecular complexity index is 965. The number of ketones is 1. The van der Waals surface area contributed by atoms with Crippen LogP contribution in [0, 0.1) is 3.57 Å². The van der Waals surface area contributed by atoms with Gasteiger partial charge in [0.25, 0.3) is 11.7 Å². The number of fused-ring (bicyclic) bond motifs is 1. The van der Waals surface area contributed by atoms with E-state index in [9.17, 15) is 9.59 Å². The molecule has 4 heteroatoms. The first-order valence-corrected chi connectivity index (χ1v) is 9.01. The number of carbonyl (C=O) groups excluding carboxylic acids is 2. The van der Waals surface area contributed by atoms with Gasteiger partial charge in [-0.2, -0.15) is 0 Å². The van der Waals surface area contributed by atoms with Crippen LogP contribution in [0.15, 0.2) is 72.8 Å². The van der Waals surface area contributed by atoms with Crippen molar-refractivity contribution in [2.75, 3.05) is 4.90 Å². The van der Waals surface area contributed by atoms with E-state index in [4.69, 9.17) is 0 Å². The molecule has 0 bridgehead atoms. The summed E-state index contributed by atoms with van der Waals surface area (Å²) in [6.07, 6.45) is 0. The fourth-order valence-electron chi connectivity index (χ4n) is 3.05. The Kier molecular flexibility index (Phi) is 4.13. The van der Waals surface area contributed by atoms with Gasteiger partial charge in [-0.05, 0) is 57.5 Å². The number of halogens is 1. The van der Waals surface area contributed by atoms with E-state index >= 15 is 0 Å². The van der Waals surface area contributed by atoms with Crippen LogP contribution >= 0.6 is 22.6 Å². The lowest BCUT2D eigenvalue weighted by Gasteiger charge is -2.17. The van der Waals surface area contributed by atoms with Crippen molar-refractivity contribution in [3.63, 3.8) is 0 Å². The van der Waals surface area contributed by atoms with Crippen LogP contribution in [0.5, 0.6) is 0 Å². The fraction of sp³-hybridized carbons (Fsp3) is 0.0476. The molecule has 3 aromatic carbocycles. The molecule has 0 saturated heterocycles. The monoisotopic (exact) mass is 439 g/mol. The minimum Gasteiger partial charge on any atom is -0.300 e.